The van der Waals surface area contributed by atoms with Crippen LogP contribution in [0.4, 0.5) is 0 Å². The fourth-order valence-corrected chi connectivity index (χ4v) is 13.8. The number of aliphatic hydroxyl groups is 7. The molecule has 4 aliphatic heterocycles. The molecule has 1 aromatic carbocycles. The van der Waals surface area contributed by atoms with Gasteiger partial charge in [0.25, 0.3) is 0 Å². The summed E-state index contributed by atoms with van der Waals surface area (Å²) in [7, 11) is 3.87. The topological polar surface area (TPSA) is 317 Å². The van der Waals surface area contributed by atoms with E-state index in [4.69, 9.17) is 47.5 Å². The number of amides is 1. The van der Waals surface area contributed by atoms with Crippen LogP contribution in [0.3, 0.4) is 0 Å². The third kappa shape index (κ3) is 13.9. The number of hydrogen-bond donors (Lipinski definition) is 8. The number of carbonyl (C=O) groups is 4. The molecule has 0 aromatic heterocycles. The van der Waals surface area contributed by atoms with E-state index in [1.165, 1.54) is 40.4 Å². The van der Waals surface area contributed by atoms with Crippen LogP contribution in [0.2, 0.25) is 0 Å². The molecule has 7 rings (SSSR count). The second-order valence-electron chi connectivity index (χ2n) is 21.9. The number of nitrogens with one attached hydrogen (secondary N) is 1. The molecule has 4 fully saturated rings. The van der Waals surface area contributed by atoms with Gasteiger partial charge in [0.1, 0.15) is 6.10 Å². The predicted molar refractivity (Wildman–Crippen MR) is 310 cm³/mol. The molecule has 1 aromatic rings. The molecule has 0 radical (unpaired) electrons. The number of allylic oxidation sites excluding steroid dienone is 3. The van der Waals surface area contributed by atoms with Gasteiger partial charge in [0.2, 0.25) is 23.1 Å². The second kappa shape index (κ2) is 28.7. The highest BCUT2D eigenvalue weighted by molar-refractivity contribution is 14.1. The third-order valence-electron chi connectivity index (χ3n) is 16.5. The van der Waals surface area contributed by atoms with Gasteiger partial charge in [-0.3, -0.25) is 24.0 Å². The van der Waals surface area contributed by atoms with Crippen molar-refractivity contribution in [2.75, 3.05) is 47.7 Å². The number of thioether (sulfide) groups is 1. The van der Waals surface area contributed by atoms with Gasteiger partial charge in [0.15, 0.2) is 41.1 Å². The zero-order chi connectivity index (χ0) is 61.7. The van der Waals surface area contributed by atoms with Gasteiger partial charge in [-0.25, -0.2) is 0 Å². The standard InChI is InChI=1S/C59H79IN2O21S/c1-12-18-36-45-34(22-41(68)74-9)39(67)24-59(36,73)20-17-15-14-16-19-58(45,8)82-56-44(40-21-33(25-63)37(27-77-40)62(13-2)32(7)65)50(71)47(29(4)79-56)61-83-42-23-38(66)54(31(6)78-42)84-55(72)43-28(3)46(60)52(53(76-11)51(43)75-10)81-57-49(70)35(26-64)48(69)30(5)80-57/h14-15,18,29-31,33,35,37-38,40,42,44,47-50,54,56-57,61,63-64,66,69-71,73H,12-13,21-27H2,1-11H3/b15-14-,36-18+/t29?,30?,31?,33?,35?,37?,38?,40?,42?,44?,47?,48?,49?,50?,54?,56?,57?,58-,59+/m0/s1. The van der Waals surface area contributed by atoms with E-state index in [9.17, 15) is 54.9 Å². The first-order valence-corrected chi connectivity index (χ1v) is 30.0. The Balaban J connectivity index is 1.15. The van der Waals surface area contributed by atoms with Gasteiger partial charge in [-0.1, -0.05) is 48.4 Å². The fourth-order valence-electron chi connectivity index (χ4n) is 12.1. The SMILES string of the molecule is CC/C=C1\C2=C(CC(=O)OC)C(=O)C[C@]1(O)C#C/C=C\C#C[C@]2(C)OC1OC(C)C(NOC2CC(O)C(SC(=O)c3c(C)c(I)c(OC4OC(C)C(O)C(CO)C4O)c(OC)c3OC)C(C)O2)C(O)C1C1CC(CO)C(N(CC)C(C)=O)CO1. The van der Waals surface area contributed by atoms with Gasteiger partial charge < -0.3 is 83.3 Å². The van der Waals surface area contributed by atoms with Crippen molar-refractivity contribution in [2.24, 2.45) is 17.8 Å². The van der Waals surface area contributed by atoms with E-state index in [0.717, 1.165) is 11.8 Å². The number of ether oxygens (including phenoxy) is 9. The first-order chi connectivity index (χ1) is 39.9. The number of fused-ring (bicyclic) bond motifs is 2. The molecule has 17 unspecified atom stereocenters. The summed E-state index contributed by atoms with van der Waals surface area (Å²) in [5.74, 6) is 7.54. The number of rotatable bonds is 19. The van der Waals surface area contributed by atoms with Crippen molar-refractivity contribution in [2.45, 2.75) is 184 Å². The molecule has 464 valence electrons. The Morgan fingerprint density at radius 1 is 0.905 bits per heavy atom. The molecule has 6 aliphatic rings. The van der Waals surface area contributed by atoms with Crippen molar-refractivity contribution in [1.29, 1.82) is 0 Å². The van der Waals surface area contributed by atoms with Crippen LogP contribution in [-0.4, -0.2) is 207 Å². The van der Waals surface area contributed by atoms with E-state index in [0.29, 0.717) is 22.1 Å². The molecule has 25 heteroatoms. The van der Waals surface area contributed by atoms with Crippen molar-refractivity contribution in [3.8, 4) is 40.9 Å². The van der Waals surface area contributed by atoms with Gasteiger partial charge in [0, 0.05) is 49.5 Å². The molecule has 84 heavy (non-hydrogen) atoms. The van der Waals surface area contributed by atoms with Gasteiger partial charge in [-0.2, -0.15) is 5.48 Å². The smallest absolute Gasteiger partial charge is 0.310 e. The summed E-state index contributed by atoms with van der Waals surface area (Å²) in [4.78, 5) is 62.3. The van der Waals surface area contributed by atoms with Gasteiger partial charge in [0.05, 0.1) is 122 Å². The van der Waals surface area contributed by atoms with Crippen LogP contribution in [0.15, 0.2) is 34.9 Å². The minimum Gasteiger partial charge on any atom is -0.492 e. The molecule has 0 spiro atoms. The summed E-state index contributed by atoms with van der Waals surface area (Å²) < 4.78 is 55.5. The molecule has 2 bridgehead atoms. The van der Waals surface area contributed by atoms with E-state index in [2.05, 4.69) is 29.2 Å². The molecule has 19 atom stereocenters. The average Bonchev–Trinajstić information content (AvgIpc) is 1.28. The van der Waals surface area contributed by atoms with Crippen LogP contribution in [0.1, 0.15) is 96.5 Å². The summed E-state index contributed by atoms with van der Waals surface area (Å²) in [6, 6.07) is -1.60. The summed E-state index contributed by atoms with van der Waals surface area (Å²) in [6.07, 6.45) is -8.80. The number of carbonyl (C=O) groups excluding carboxylic acids is 4. The minimum absolute atomic E-state index is 0.00118. The number of methoxy groups -OCH3 is 3. The number of esters is 1. The minimum atomic E-state index is -2.03. The lowest BCUT2D eigenvalue weighted by atomic mass is 9.69. The Labute approximate surface area is 507 Å². The lowest BCUT2D eigenvalue weighted by Gasteiger charge is -2.51. The first kappa shape index (κ1) is 67.3. The van der Waals surface area contributed by atoms with Crippen LogP contribution >= 0.6 is 34.4 Å². The highest BCUT2D eigenvalue weighted by atomic mass is 127. The molecule has 1 amide bonds. The monoisotopic (exact) mass is 1310 g/mol. The van der Waals surface area contributed by atoms with E-state index in [-0.39, 0.29) is 71.5 Å². The van der Waals surface area contributed by atoms with Crippen LogP contribution in [0, 0.1) is 51.9 Å². The van der Waals surface area contributed by atoms with Crippen molar-refractivity contribution >= 4 is 57.1 Å². The summed E-state index contributed by atoms with van der Waals surface area (Å²) in [6.45, 7) is 12.6. The number of ketones is 1. The quantitative estimate of drug-likeness (QED) is 0.0426. The normalized spacial score (nSPS) is 36.8. The van der Waals surface area contributed by atoms with E-state index in [1.54, 1.807) is 45.6 Å². The number of Topliss-reactive ketones (excluding diaryl/α,β-unsaturated/α-hetero) is 1. The second-order valence-corrected chi connectivity index (χ2v) is 24.1. The van der Waals surface area contributed by atoms with Gasteiger partial charge in [-0.15, -0.1) is 0 Å². The lowest BCUT2D eigenvalue weighted by molar-refractivity contribution is -0.314. The number of aliphatic hydroxyl groups excluding tert-OH is 6. The van der Waals surface area contributed by atoms with Crippen molar-refractivity contribution in [3.05, 3.63) is 49.6 Å². The number of halogens is 1. The zero-order valence-corrected chi connectivity index (χ0v) is 52.0. The largest absolute Gasteiger partial charge is 0.492 e. The van der Waals surface area contributed by atoms with Crippen LogP contribution in [0.5, 0.6) is 17.2 Å². The number of benzene rings is 1. The van der Waals surface area contributed by atoms with Gasteiger partial charge >= 0.3 is 5.97 Å². The molecule has 8 N–H and O–H groups in total. The number of likely N-dealkylation sites (N-methyl/N-ethyl adjacent to an activating group) is 1. The van der Waals surface area contributed by atoms with Crippen molar-refractivity contribution in [1.82, 2.24) is 10.4 Å². The van der Waals surface area contributed by atoms with E-state index >= 15 is 0 Å². The molecular weight excluding hydrogens is 1230 g/mol. The first-order valence-electron chi connectivity index (χ1n) is 28.0. The van der Waals surface area contributed by atoms with Crippen molar-refractivity contribution < 1.29 is 102 Å². The maximum Gasteiger partial charge on any atom is 0.310 e. The Kier molecular flexibility index (Phi) is 23.0. The van der Waals surface area contributed by atoms with E-state index < -0.39 is 150 Å². The fraction of sp³-hybridized carbons (Fsp3) is 0.661. The van der Waals surface area contributed by atoms with Crippen molar-refractivity contribution in [3.63, 3.8) is 0 Å². The molecule has 4 heterocycles. The highest BCUT2D eigenvalue weighted by Gasteiger charge is 2.56. The highest BCUT2D eigenvalue weighted by Crippen LogP contribution is 2.50. The maximum absolute atomic E-state index is 14.4. The lowest BCUT2D eigenvalue weighted by Crippen LogP contribution is -2.65. The summed E-state index contributed by atoms with van der Waals surface area (Å²) in [5.41, 5.74) is -0.210. The predicted octanol–water partition coefficient (Wildman–Crippen LogP) is 2.31. The van der Waals surface area contributed by atoms with Crippen LogP contribution in [-0.2, 0) is 47.6 Å². The van der Waals surface area contributed by atoms with Crippen LogP contribution in [0.25, 0.3) is 0 Å². The number of nitrogens with zero attached hydrogens (tertiary/aromatic N) is 1. The number of hydrogen-bond acceptors (Lipinski definition) is 23. The Hall–Kier alpha value is -4.24. The van der Waals surface area contributed by atoms with Gasteiger partial charge in [-0.05, 0) is 100 Å². The zero-order valence-electron chi connectivity index (χ0n) is 49.0. The molecular formula is C59H79IN2O21S. The maximum atomic E-state index is 14.4. The molecule has 4 saturated heterocycles. The summed E-state index contributed by atoms with van der Waals surface area (Å²) >= 11 is 2.78. The number of hydroxylamine groups is 1. The molecule has 23 nitrogen and oxygen atoms in total. The Morgan fingerprint density at radius 3 is 2.19 bits per heavy atom. The third-order valence-corrected chi connectivity index (χ3v) is 19.2. The average molecular weight is 1310 g/mol. The summed E-state index contributed by atoms with van der Waals surface area (Å²) in [5, 5.41) is 77.8. The Morgan fingerprint density at radius 2 is 1.58 bits per heavy atom. The van der Waals surface area contributed by atoms with Crippen LogP contribution < -0.4 is 19.7 Å². The Bertz CT molecular complexity index is 2820. The molecule has 2 aliphatic carbocycles. The van der Waals surface area contributed by atoms with E-state index in [1.807, 2.05) is 36.4 Å². The molecule has 0 saturated carbocycles.